The highest BCUT2D eigenvalue weighted by atomic mass is 19.1. The lowest BCUT2D eigenvalue weighted by atomic mass is 10.1. The topological polar surface area (TPSA) is 108 Å². The van der Waals surface area contributed by atoms with Crippen molar-refractivity contribution >= 4 is 28.6 Å². The van der Waals surface area contributed by atoms with Gasteiger partial charge >= 0.3 is 6.09 Å². The van der Waals surface area contributed by atoms with Gasteiger partial charge in [0.25, 0.3) is 0 Å². The number of para-hydroxylation sites is 1. The van der Waals surface area contributed by atoms with Gasteiger partial charge in [-0.05, 0) is 37.1 Å². The van der Waals surface area contributed by atoms with E-state index in [-0.39, 0.29) is 17.5 Å². The van der Waals surface area contributed by atoms with E-state index in [4.69, 9.17) is 10.5 Å². The number of nitrogens with one attached hydrogen (secondary N) is 1. The first-order valence-electron chi connectivity index (χ1n) is 9.42. The van der Waals surface area contributed by atoms with Crippen LogP contribution in [0.3, 0.4) is 0 Å². The fourth-order valence-corrected chi connectivity index (χ4v) is 3.27. The molecule has 5 rings (SSSR count). The van der Waals surface area contributed by atoms with Crippen molar-refractivity contribution in [3.8, 4) is 17.0 Å². The molecular weight excluding hydrogens is 387 g/mol. The van der Waals surface area contributed by atoms with Crippen molar-refractivity contribution in [3.63, 3.8) is 0 Å². The van der Waals surface area contributed by atoms with Gasteiger partial charge in [0.1, 0.15) is 29.4 Å². The monoisotopic (exact) mass is 404 g/mol. The molecule has 0 radical (unpaired) electrons. The van der Waals surface area contributed by atoms with Crippen molar-refractivity contribution in [1.29, 1.82) is 0 Å². The van der Waals surface area contributed by atoms with Crippen molar-refractivity contribution < 1.29 is 13.9 Å². The van der Waals surface area contributed by atoms with Gasteiger partial charge < -0.3 is 10.5 Å². The lowest BCUT2D eigenvalue weighted by Gasteiger charge is -2.08. The Morgan fingerprint density at radius 3 is 2.70 bits per heavy atom. The minimum atomic E-state index is -0.783. The molecular formula is C21H17FN6O2. The highest BCUT2D eigenvalue weighted by Crippen LogP contribution is 2.40. The molecule has 3 N–H and O–H groups in total. The number of carbonyl (C=O) groups is 1. The zero-order valence-electron chi connectivity index (χ0n) is 15.7. The van der Waals surface area contributed by atoms with Crippen LogP contribution in [-0.2, 0) is 0 Å². The van der Waals surface area contributed by atoms with E-state index in [1.54, 1.807) is 36.4 Å². The van der Waals surface area contributed by atoms with Crippen LogP contribution in [0.1, 0.15) is 18.9 Å². The molecule has 2 heterocycles. The molecule has 8 nitrogen and oxygen atoms in total. The summed E-state index contributed by atoms with van der Waals surface area (Å²) in [7, 11) is 0. The van der Waals surface area contributed by atoms with E-state index in [1.807, 2.05) is 4.68 Å². The van der Waals surface area contributed by atoms with Crippen LogP contribution in [-0.4, -0.2) is 25.8 Å². The zero-order chi connectivity index (χ0) is 20.7. The second-order valence-electron chi connectivity index (χ2n) is 7.00. The molecule has 0 aliphatic heterocycles. The molecule has 4 aromatic rings. The molecule has 1 aliphatic carbocycles. The summed E-state index contributed by atoms with van der Waals surface area (Å²) in [6.07, 6.45) is 2.64. The van der Waals surface area contributed by atoms with E-state index in [0.717, 1.165) is 12.8 Å². The Balaban J connectivity index is 1.45. The number of nitrogen functional groups attached to an aromatic ring is 1. The summed E-state index contributed by atoms with van der Waals surface area (Å²) in [5.74, 6) is 0.0255. The maximum Gasteiger partial charge on any atom is 0.417 e. The third kappa shape index (κ3) is 3.30. The third-order valence-corrected chi connectivity index (χ3v) is 4.84. The molecule has 0 unspecified atom stereocenters. The number of fused-ring (bicyclic) bond motifs is 1. The molecule has 1 fully saturated rings. The number of nitrogens with two attached hydrogens (primary N) is 1. The fraction of sp³-hybridized carbons (Fsp3) is 0.143. The average Bonchev–Trinajstić information content (AvgIpc) is 3.50. The number of amides is 1. The molecule has 150 valence electrons. The Morgan fingerprint density at radius 2 is 1.97 bits per heavy atom. The van der Waals surface area contributed by atoms with E-state index in [1.165, 1.54) is 18.5 Å². The molecule has 1 saturated carbocycles. The second kappa shape index (κ2) is 7.11. The Kier molecular flexibility index (Phi) is 4.27. The molecule has 0 atom stereocenters. The van der Waals surface area contributed by atoms with Gasteiger partial charge in [-0.25, -0.2) is 23.8 Å². The normalized spacial score (nSPS) is 13.4. The number of hydrogen-bond donors (Lipinski definition) is 2. The van der Waals surface area contributed by atoms with Gasteiger partial charge in [-0.3, -0.25) is 5.32 Å². The van der Waals surface area contributed by atoms with Gasteiger partial charge in [0.15, 0.2) is 5.65 Å². The number of ether oxygens (including phenoxy) is 1. The molecule has 30 heavy (non-hydrogen) atoms. The molecule has 2 aromatic heterocycles. The standard InChI is InChI=1S/C21H17FN6O2/c22-15-10-12(6-9-16(15)26-21(29)30-14-4-2-1-3-5-14)18-17-19(23)24-11-25-20(17)28(27-18)13-7-8-13/h1-6,9-11,13H,7-8H2,(H,26,29)(H2,23,24,25). The Bertz CT molecular complexity index is 1250. The van der Waals surface area contributed by atoms with Crippen LogP contribution in [0.25, 0.3) is 22.3 Å². The van der Waals surface area contributed by atoms with Crippen LogP contribution in [0.4, 0.5) is 20.7 Å². The first kappa shape index (κ1) is 18.0. The maximum absolute atomic E-state index is 14.7. The lowest BCUT2D eigenvalue weighted by Crippen LogP contribution is -2.17. The van der Waals surface area contributed by atoms with Gasteiger partial charge in [-0.2, -0.15) is 5.10 Å². The number of anilines is 2. The van der Waals surface area contributed by atoms with E-state index in [9.17, 15) is 9.18 Å². The van der Waals surface area contributed by atoms with E-state index in [2.05, 4.69) is 20.4 Å². The number of carbonyl (C=O) groups excluding carboxylic acids is 1. The molecule has 0 saturated heterocycles. The first-order chi connectivity index (χ1) is 14.6. The van der Waals surface area contributed by atoms with Crippen molar-refractivity contribution in [2.24, 2.45) is 0 Å². The number of nitrogens with zero attached hydrogens (tertiary/aromatic N) is 4. The minimum absolute atomic E-state index is 0.00478. The molecule has 9 heteroatoms. The summed E-state index contributed by atoms with van der Waals surface area (Å²) in [6.45, 7) is 0. The summed E-state index contributed by atoms with van der Waals surface area (Å²) >= 11 is 0. The smallest absolute Gasteiger partial charge is 0.410 e. The zero-order valence-corrected chi connectivity index (χ0v) is 15.7. The summed E-state index contributed by atoms with van der Waals surface area (Å²) in [5, 5.41) is 7.62. The first-order valence-corrected chi connectivity index (χ1v) is 9.42. The second-order valence-corrected chi connectivity index (χ2v) is 7.00. The highest BCUT2D eigenvalue weighted by Gasteiger charge is 2.29. The number of halogens is 1. The molecule has 2 aromatic carbocycles. The van der Waals surface area contributed by atoms with Crippen LogP contribution in [0.2, 0.25) is 0 Å². The van der Waals surface area contributed by atoms with E-state index < -0.39 is 11.9 Å². The maximum atomic E-state index is 14.7. The van der Waals surface area contributed by atoms with Gasteiger partial charge in [0.05, 0.1) is 17.1 Å². The summed E-state index contributed by atoms with van der Waals surface area (Å²) in [6, 6.07) is 13.2. The number of hydrogen-bond acceptors (Lipinski definition) is 6. The number of benzene rings is 2. The fourth-order valence-electron chi connectivity index (χ4n) is 3.27. The van der Waals surface area contributed by atoms with Crippen LogP contribution in [0, 0.1) is 5.82 Å². The molecule has 0 spiro atoms. The number of aromatic nitrogens is 4. The Morgan fingerprint density at radius 1 is 1.17 bits per heavy atom. The van der Waals surface area contributed by atoms with Crippen molar-refractivity contribution in [2.75, 3.05) is 11.1 Å². The van der Waals surface area contributed by atoms with Gasteiger partial charge in [-0.15, -0.1) is 0 Å². The van der Waals surface area contributed by atoms with Gasteiger partial charge in [-0.1, -0.05) is 24.3 Å². The Labute approximate surface area is 170 Å². The third-order valence-electron chi connectivity index (χ3n) is 4.84. The van der Waals surface area contributed by atoms with Crippen LogP contribution >= 0.6 is 0 Å². The van der Waals surface area contributed by atoms with Crippen molar-refractivity contribution in [3.05, 3.63) is 60.7 Å². The van der Waals surface area contributed by atoms with E-state index in [0.29, 0.717) is 28.0 Å². The van der Waals surface area contributed by atoms with Crippen molar-refractivity contribution in [1.82, 2.24) is 19.7 Å². The summed E-state index contributed by atoms with van der Waals surface area (Å²) < 4.78 is 21.7. The SMILES string of the molecule is Nc1ncnc2c1c(-c1ccc(NC(=O)Oc3ccccc3)c(F)c1)nn2C1CC1. The average molecular weight is 404 g/mol. The van der Waals surface area contributed by atoms with Gasteiger partial charge in [0.2, 0.25) is 0 Å². The minimum Gasteiger partial charge on any atom is -0.410 e. The Hall–Kier alpha value is -4.01. The predicted molar refractivity (Wildman–Crippen MR) is 109 cm³/mol. The van der Waals surface area contributed by atoms with Crippen LogP contribution in [0.5, 0.6) is 5.75 Å². The molecule has 1 amide bonds. The molecule has 0 bridgehead atoms. The highest BCUT2D eigenvalue weighted by molar-refractivity contribution is 5.98. The number of rotatable bonds is 4. The van der Waals surface area contributed by atoms with Crippen LogP contribution < -0.4 is 15.8 Å². The van der Waals surface area contributed by atoms with E-state index >= 15 is 0 Å². The molecule has 1 aliphatic rings. The summed E-state index contributed by atoms with van der Waals surface area (Å²) in [4.78, 5) is 20.4. The van der Waals surface area contributed by atoms with Crippen LogP contribution in [0.15, 0.2) is 54.9 Å². The lowest BCUT2D eigenvalue weighted by molar-refractivity contribution is 0.215. The quantitative estimate of drug-likeness (QED) is 0.529. The largest absolute Gasteiger partial charge is 0.417 e. The predicted octanol–water partition coefficient (Wildman–Crippen LogP) is 4.16. The van der Waals surface area contributed by atoms with Crippen molar-refractivity contribution in [2.45, 2.75) is 18.9 Å². The summed E-state index contributed by atoms with van der Waals surface area (Å²) in [5.41, 5.74) is 7.71. The van der Waals surface area contributed by atoms with Gasteiger partial charge in [0, 0.05) is 5.56 Å².